The van der Waals surface area contributed by atoms with Crippen LogP contribution in [0.3, 0.4) is 0 Å². The Balaban J connectivity index is 1.41. The molecule has 2 unspecified atom stereocenters. The van der Waals surface area contributed by atoms with Crippen LogP contribution in [0, 0.1) is 0 Å². The van der Waals surface area contributed by atoms with Crippen molar-refractivity contribution >= 4 is 33.3 Å². The molecule has 0 radical (unpaired) electrons. The maximum Gasteiger partial charge on any atom is 0.227 e. The third-order valence-corrected chi connectivity index (χ3v) is 6.75. The highest BCUT2D eigenvalue weighted by molar-refractivity contribution is 6.05. The average molecular weight is 454 g/mol. The molecule has 4 aromatic carbocycles. The molecule has 0 amide bonds. The third-order valence-electron chi connectivity index (χ3n) is 6.75. The molecule has 2 N–H and O–H groups in total. The van der Waals surface area contributed by atoms with Gasteiger partial charge in [0.1, 0.15) is 5.52 Å². The van der Waals surface area contributed by atoms with E-state index in [1.807, 2.05) is 42.5 Å². The van der Waals surface area contributed by atoms with Crippen molar-refractivity contribution < 1.29 is 4.42 Å². The van der Waals surface area contributed by atoms with Crippen molar-refractivity contribution in [1.29, 1.82) is 0 Å². The van der Waals surface area contributed by atoms with E-state index < -0.39 is 0 Å². The van der Waals surface area contributed by atoms with Crippen LogP contribution in [0.2, 0.25) is 0 Å². The summed E-state index contributed by atoms with van der Waals surface area (Å²) in [7, 11) is 0. The van der Waals surface area contributed by atoms with Gasteiger partial charge in [-0.3, -0.25) is 0 Å². The number of nitrogens with one attached hydrogen (secondary N) is 2. The fourth-order valence-electron chi connectivity index (χ4n) is 4.99. The van der Waals surface area contributed by atoms with Gasteiger partial charge in [0.2, 0.25) is 5.89 Å². The van der Waals surface area contributed by atoms with Crippen LogP contribution in [0.4, 0.5) is 0 Å². The highest BCUT2D eigenvalue weighted by Crippen LogP contribution is 2.34. The van der Waals surface area contributed by atoms with Gasteiger partial charge in [-0.05, 0) is 35.2 Å². The quantitative estimate of drug-likeness (QED) is 0.326. The highest BCUT2D eigenvalue weighted by Gasteiger charge is 2.28. The SMILES string of the molecule is C1=CC2NC(c3ccccc3)=C(c3ccc4ccc5nc(-c6ccccc6)oc5c4c3)NC2C=C1. The lowest BCUT2D eigenvalue weighted by molar-refractivity contribution is 0.555. The standard InChI is InChI=1S/C31H23N3O/c1-3-9-21(10-4-1)28-29(33-26-14-8-7-13-25(26)32-28)23-16-15-20-17-18-27-30(24(20)19-23)35-31(34-27)22-11-5-2-6-12-22/h1-19,25-26,32-33H. The Labute approximate surface area is 203 Å². The Hall–Kier alpha value is -4.57. The van der Waals surface area contributed by atoms with Gasteiger partial charge in [-0.1, -0.05) is 91.0 Å². The second-order valence-electron chi connectivity index (χ2n) is 8.96. The van der Waals surface area contributed by atoms with Gasteiger partial charge in [-0.15, -0.1) is 0 Å². The molecule has 0 fully saturated rings. The van der Waals surface area contributed by atoms with Gasteiger partial charge in [0.25, 0.3) is 0 Å². The number of aromatic nitrogens is 1. The van der Waals surface area contributed by atoms with E-state index in [0.717, 1.165) is 50.0 Å². The van der Waals surface area contributed by atoms with Crippen LogP contribution in [-0.2, 0) is 0 Å². The number of hydrogen-bond acceptors (Lipinski definition) is 4. The molecule has 7 rings (SSSR count). The van der Waals surface area contributed by atoms with Gasteiger partial charge in [-0.25, -0.2) is 4.98 Å². The van der Waals surface area contributed by atoms with Crippen LogP contribution in [0.1, 0.15) is 11.1 Å². The van der Waals surface area contributed by atoms with Gasteiger partial charge in [-0.2, -0.15) is 0 Å². The smallest absolute Gasteiger partial charge is 0.227 e. The van der Waals surface area contributed by atoms with Crippen molar-refractivity contribution in [2.24, 2.45) is 0 Å². The summed E-state index contributed by atoms with van der Waals surface area (Å²) in [5, 5.41) is 9.75. The maximum atomic E-state index is 6.32. The van der Waals surface area contributed by atoms with E-state index in [0.29, 0.717) is 5.89 Å². The minimum absolute atomic E-state index is 0.184. The van der Waals surface area contributed by atoms with E-state index in [2.05, 4.69) is 83.5 Å². The Kier molecular flexibility index (Phi) is 4.56. The van der Waals surface area contributed by atoms with E-state index in [1.165, 1.54) is 0 Å². The molecular weight excluding hydrogens is 430 g/mol. The lowest BCUT2D eigenvalue weighted by atomic mass is 9.93. The van der Waals surface area contributed by atoms with Crippen LogP contribution < -0.4 is 10.6 Å². The predicted octanol–water partition coefficient (Wildman–Crippen LogP) is 6.53. The summed E-state index contributed by atoms with van der Waals surface area (Å²) in [6, 6.07) is 31.6. The minimum Gasteiger partial charge on any atom is -0.435 e. The van der Waals surface area contributed by atoms with Crippen LogP contribution in [0.25, 0.3) is 44.7 Å². The van der Waals surface area contributed by atoms with Crippen molar-refractivity contribution in [2.45, 2.75) is 12.1 Å². The number of allylic oxidation sites excluding steroid dienone is 2. The van der Waals surface area contributed by atoms with Crippen molar-refractivity contribution in [1.82, 2.24) is 15.6 Å². The first-order valence-electron chi connectivity index (χ1n) is 11.9. The fourth-order valence-corrected chi connectivity index (χ4v) is 4.99. The second-order valence-corrected chi connectivity index (χ2v) is 8.96. The summed E-state index contributed by atoms with van der Waals surface area (Å²) in [5.74, 6) is 0.641. The Morgan fingerprint density at radius 3 is 1.97 bits per heavy atom. The molecule has 2 atom stereocenters. The summed E-state index contributed by atoms with van der Waals surface area (Å²) < 4.78 is 6.32. The summed E-state index contributed by atoms with van der Waals surface area (Å²) in [5.41, 5.74) is 7.09. The molecule has 1 aromatic heterocycles. The zero-order valence-corrected chi connectivity index (χ0v) is 19.0. The zero-order valence-electron chi connectivity index (χ0n) is 19.0. The van der Waals surface area contributed by atoms with Gasteiger partial charge >= 0.3 is 0 Å². The number of benzene rings is 4. The minimum atomic E-state index is 0.184. The van der Waals surface area contributed by atoms with Gasteiger partial charge in [0.15, 0.2) is 5.58 Å². The number of oxazole rings is 1. The first-order valence-corrected chi connectivity index (χ1v) is 11.9. The molecule has 0 saturated heterocycles. The zero-order chi connectivity index (χ0) is 23.2. The van der Waals surface area contributed by atoms with Crippen LogP contribution in [-0.4, -0.2) is 17.1 Å². The molecule has 35 heavy (non-hydrogen) atoms. The Morgan fingerprint density at radius 2 is 1.26 bits per heavy atom. The molecule has 0 spiro atoms. The summed E-state index contributed by atoms with van der Waals surface area (Å²) in [4.78, 5) is 4.77. The molecule has 0 bridgehead atoms. The molecule has 2 aliphatic rings. The van der Waals surface area contributed by atoms with E-state index in [4.69, 9.17) is 9.40 Å². The van der Waals surface area contributed by atoms with E-state index >= 15 is 0 Å². The second kappa shape index (κ2) is 8.03. The first kappa shape index (κ1) is 19.9. The third kappa shape index (κ3) is 3.42. The van der Waals surface area contributed by atoms with Gasteiger partial charge in [0, 0.05) is 16.5 Å². The molecule has 1 aliphatic carbocycles. The van der Waals surface area contributed by atoms with Crippen molar-refractivity contribution in [2.75, 3.05) is 0 Å². The average Bonchev–Trinajstić information content (AvgIpc) is 3.38. The number of hydrogen-bond donors (Lipinski definition) is 2. The van der Waals surface area contributed by atoms with E-state index in [9.17, 15) is 0 Å². The van der Waals surface area contributed by atoms with Gasteiger partial charge < -0.3 is 15.1 Å². The molecule has 2 heterocycles. The van der Waals surface area contributed by atoms with E-state index in [-0.39, 0.29) is 12.1 Å². The summed E-state index contributed by atoms with van der Waals surface area (Å²) >= 11 is 0. The van der Waals surface area contributed by atoms with Crippen LogP contribution in [0.15, 0.2) is 120 Å². The van der Waals surface area contributed by atoms with Gasteiger partial charge in [0.05, 0.1) is 23.5 Å². The molecule has 1 aliphatic heterocycles. The Bertz CT molecular complexity index is 1640. The monoisotopic (exact) mass is 453 g/mol. The predicted molar refractivity (Wildman–Crippen MR) is 142 cm³/mol. The number of nitrogens with zero attached hydrogens (tertiary/aromatic N) is 1. The topological polar surface area (TPSA) is 50.1 Å². The van der Waals surface area contributed by atoms with Crippen molar-refractivity contribution in [3.63, 3.8) is 0 Å². The first-order chi connectivity index (χ1) is 17.3. The molecule has 4 nitrogen and oxygen atoms in total. The molecular formula is C31H23N3O. The highest BCUT2D eigenvalue weighted by atomic mass is 16.3. The number of rotatable bonds is 3. The normalized spacial score (nSPS) is 19.0. The van der Waals surface area contributed by atoms with Crippen molar-refractivity contribution in [3.05, 3.63) is 126 Å². The fraction of sp³-hybridized carbons (Fsp3) is 0.0645. The molecule has 5 aromatic rings. The number of fused-ring (bicyclic) bond motifs is 4. The lowest BCUT2D eigenvalue weighted by Crippen LogP contribution is -2.50. The molecule has 0 saturated carbocycles. The lowest BCUT2D eigenvalue weighted by Gasteiger charge is -2.36. The van der Waals surface area contributed by atoms with Crippen LogP contribution >= 0.6 is 0 Å². The van der Waals surface area contributed by atoms with Crippen LogP contribution in [0.5, 0.6) is 0 Å². The van der Waals surface area contributed by atoms with E-state index in [1.54, 1.807) is 0 Å². The summed E-state index contributed by atoms with van der Waals surface area (Å²) in [6.45, 7) is 0. The van der Waals surface area contributed by atoms with Crippen molar-refractivity contribution in [3.8, 4) is 11.5 Å². The molecule has 168 valence electrons. The Morgan fingerprint density at radius 1 is 0.629 bits per heavy atom. The largest absolute Gasteiger partial charge is 0.435 e. The molecule has 4 heteroatoms. The maximum absolute atomic E-state index is 6.32. The summed E-state index contributed by atoms with van der Waals surface area (Å²) in [6.07, 6.45) is 8.62.